The predicted octanol–water partition coefficient (Wildman–Crippen LogP) is 2.04. The van der Waals surface area contributed by atoms with E-state index in [-0.39, 0.29) is 18.8 Å². The molecule has 146 valence electrons. The van der Waals surface area contributed by atoms with Crippen LogP contribution in [-0.4, -0.2) is 50.3 Å². The molecule has 2 rings (SSSR count). The third-order valence-electron chi connectivity index (χ3n) is 3.19. The average Bonchev–Trinajstić information content (AvgIpc) is 3.14. The Hall–Kier alpha value is -2.65. The van der Waals surface area contributed by atoms with Gasteiger partial charge in [-0.05, 0) is 31.2 Å². The highest BCUT2D eigenvalue weighted by Gasteiger charge is 2.14. The van der Waals surface area contributed by atoms with Gasteiger partial charge in [-0.2, -0.15) is 0 Å². The van der Waals surface area contributed by atoms with Gasteiger partial charge in [-0.15, -0.1) is 11.3 Å². The molecule has 0 saturated heterocycles. The van der Waals surface area contributed by atoms with Crippen LogP contribution in [0.1, 0.15) is 22.4 Å². The molecule has 0 fully saturated rings. The molecular weight excluding hydrogens is 372 g/mol. The minimum atomic E-state index is -0.644. The van der Waals surface area contributed by atoms with E-state index in [9.17, 15) is 9.59 Å². The number of esters is 1. The van der Waals surface area contributed by atoms with E-state index in [2.05, 4.69) is 10.3 Å². The van der Waals surface area contributed by atoms with E-state index < -0.39 is 11.9 Å². The highest BCUT2D eigenvalue weighted by Crippen LogP contribution is 2.17. The first-order valence-corrected chi connectivity index (χ1v) is 9.23. The van der Waals surface area contributed by atoms with Gasteiger partial charge in [0.1, 0.15) is 23.1 Å². The Morgan fingerprint density at radius 3 is 2.52 bits per heavy atom. The summed E-state index contributed by atoms with van der Waals surface area (Å²) >= 11 is 1.29. The van der Waals surface area contributed by atoms with E-state index in [0.717, 1.165) is 5.75 Å². The summed E-state index contributed by atoms with van der Waals surface area (Å²) in [7, 11) is 1.54. The summed E-state index contributed by atoms with van der Waals surface area (Å²) in [5, 5.41) is 4.85. The van der Waals surface area contributed by atoms with Crippen molar-refractivity contribution >= 4 is 23.2 Å². The molecular formula is C18H22N2O6S. The topological polar surface area (TPSA) is 96.0 Å². The lowest BCUT2D eigenvalue weighted by Crippen LogP contribution is -2.32. The third-order valence-corrected chi connectivity index (χ3v) is 4.01. The predicted molar refractivity (Wildman–Crippen MR) is 99.2 cm³/mol. The number of aromatic nitrogens is 1. The van der Waals surface area contributed by atoms with Gasteiger partial charge in [0.25, 0.3) is 5.91 Å². The zero-order valence-corrected chi connectivity index (χ0v) is 16.0. The Kier molecular flexibility index (Phi) is 8.53. The molecule has 1 aromatic heterocycles. The van der Waals surface area contributed by atoms with E-state index in [1.54, 1.807) is 24.6 Å². The molecule has 1 amide bonds. The summed E-state index contributed by atoms with van der Waals surface area (Å²) in [4.78, 5) is 27.6. The molecule has 1 aromatic carbocycles. The molecule has 0 aliphatic carbocycles. The second-order valence-electron chi connectivity index (χ2n) is 5.24. The number of thiazole rings is 1. The summed E-state index contributed by atoms with van der Waals surface area (Å²) in [5.74, 6) is 0.393. The first-order chi connectivity index (χ1) is 13.1. The summed E-state index contributed by atoms with van der Waals surface area (Å²) in [5.41, 5.74) is 0.165. The largest absolute Gasteiger partial charge is 0.494 e. The van der Waals surface area contributed by atoms with E-state index >= 15 is 0 Å². The molecule has 9 heteroatoms. The van der Waals surface area contributed by atoms with Gasteiger partial charge in [-0.1, -0.05) is 0 Å². The maximum Gasteiger partial charge on any atom is 0.358 e. The van der Waals surface area contributed by atoms with Gasteiger partial charge in [-0.25, -0.2) is 9.78 Å². The normalized spacial score (nSPS) is 10.3. The number of benzene rings is 1. The Bertz CT molecular complexity index is 732. The lowest BCUT2D eigenvalue weighted by atomic mass is 10.3. The molecule has 0 aliphatic heterocycles. The minimum Gasteiger partial charge on any atom is -0.494 e. The fraction of sp³-hybridized carbons (Fsp3) is 0.389. The number of methoxy groups -OCH3 is 1. The zero-order chi connectivity index (χ0) is 19.5. The molecule has 0 aliphatic rings. The van der Waals surface area contributed by atoms with Crippen molar-refractivity contribution in [3.05, 3.63) is 40.3 Å². The Morgan fingerprint density at radius 2 is 1.85 bits per heavy atom. The van der Waals surface area contributed by atoms with Crippen LogP contribution in [0.25, 0.3) is 0 Å². The molecule has 0 saturated carbocycles. The van der Waals surface area contributed by atoms with Crippen LogP contribution in [0.3, 0.4) is 0 Å². The van der Waals surface area contributed by atoms with Gasteiger partial charge in [0.15, 0.2) is 12.3 Å². The summed E-state index contributed by atoms with van der Waals surface area (Å²) in [6.45, 7) is 3.05. The number of hydrogen-bond donors (Lipinski definition) is 1. The highest BCUT2D eigenvalue weighted by atomic mass is 32.1. The van der Waals surface area contributed by atoms with Crippen molar-refractivity contribution in [1.82, 2.24) is 10.3 Å². The minimum absolute atomic E-state index is 0.165. The van der Waals surface area contributed by atoms with Crippen molar-refractivity contribution in [1.29, 1.82) is 0 Å². The van der Waals surface area contributed by atoms with Crippen LogP contribution in [0, 0.1) is 0 Å². The molecule has 27 heavy (non-hydrogen) atoms. The highest BCUT2D eigenvalue weighted by molar-refractivity contribution is 7.09. The van der Waals surface area contributed by atoms with Crippen LogP contribution in [0.15, 0.2) is 29.6 Å². The molecule has 0 spiro atoms. The summed E-state index contributed by atoms with van der Waals surface area (Å²) < 4.78 is 20.7. The number of rotatable bonds is 11. The number of amides is 1. The number of carbonyl (C=O) groups excluding carboxylic acids is 2. The zero-order valence-electron chi connectivity index (χ0n) is 15.2. The molecule has 0 unspecified atom stereocenters. The lowest BCUT2D eigenvalue weighted by Gasteiger charge is -2.09. The van der Waals surface area contributed by atoms with Crippen molar-refractivity contribution in [3.63, 3.8) is 0 Å². The molecule has 2 aromatic rings. The van der Waals surface area contributed by atoms with Crippen molar-refractivity contribution in [2.75, 3.05) is 33.5 Å². The molecule has 1 N–H and O–H groups in total. The first-order valence-electron chi connectivity index (χ1n) is 8.35. The van der Waals surface area contributed by atoms with Crippen LogP contribution < -0.4 is 14.8 Å². The third kappa shape index (κ3) is 7.24. The summed E-state index contributed by atoms with van der Waals surface area (Å²) in [6.07, 6.45) is 0. The van der Waals surface area contributed by atoms with Crippen LogP contribution in [0.4, 0.5) is 0 Å². The van der Waals surface area contributed by atoms with E-state index in [1.165, 1.54) is 11.3 Å². The Labute approximate surface area is 161 Å². The molecule has 0 atom stereocenters. The first kappa shape index (κ1) is 20.7. The number of hydrogen-bond acceptors (Lipinski definition) is 8. The van der Waals surface area contributed by atoms with Gasteiger partial charge >= 0.3 is 5.97 Å². The lowest BCUT2D eigenvalue weighted by molar-refractivity contribution is -0.124. The van der Waals surface area contributed by atoms with Gasteiger partial charge < -0.3 is 24.3 Å². The van der Waals surface area contributed by atoms with Crippen LogP contribution in [0.5, 0.6) is 11.5 Å². The van der Waals surface area contributed by atoms with Crippen molar-refractivity contribution in [3.8, 4) is 11.5 Å². The average molecular weight is 394 g/mol. The Balaban J connectivity index is 1.62. The quantitative estimate of drug-likeness (QED) is 0.460. The molecule has 0 bridgehead atoms. The van der Waals surface area contributed by atoms with Crippen LogP contribution in [0.2, 0.25) is 0 Å². The Morgan fingerprint density at radius 1 is 1.15 bits per heavy atom. The number of nitrogens with zero attached hydrogens (tertiary/aromatic N) is 1. The summed E-state index contributed by atoms with van der Waals surface area (Å²) in [6, 6.07) is 7.21. The van der Waals surface area contributed by atoms with Gasteiger partial charge in [0, 0.05) is 12.5 Å². The molecule has 0 radical (unpaired) electrons. The van der Waals surface area contributed by atoms with Crippen molar-refractivity contribution in [2.45, 2.75) is 13.5 Å². The number of carbonyl (C=O) groups is 2. The monoisotopic (exact) mass is 394 g/mol. The second-order valence-corrected chi connectivity index (χ2v) is 6.18. The van der Waals surface area contributed by atoms with E-state index in [0.29, 0.717) is 30.6 Å². The van der Waals surface area contributed by atoms with E-state index in [1.807, 2.05) is 19.1 Å². The van der Waals surface area contributed by atoms with Crippen molar-refractivity contribution in [2.24, 2.45) is 0 Å². The maximum atomic E-state index is 11.8. The fourth-order valence-corrected chi connectivity index (χ4v) is 2.74. The van der Waals surface area contributed by atoms with Gasteiger partial charge in [0.2, 0.25) is 0 Å². The SMILES string of the molecule is CCOc1ccc(OCCNC(=O)COC(=O)c2csc(COC)n2)cc1. The smallest absolute Gasteiger partial charge is 0.358 e. The second kappa shape index (κ2) is 11.1. The number of nitrogens with one attached hydrogen (secondary N) is 1. The van der Waals surface area contributed by atoms with E-state index in [4.69, 9.17) is 18.9 Å². The standard InChI is InChI=1S/C18H22N2O6S/c1-3-24-13-4-6-14(7-5-13)25-9-8-19-16(21)10-26-18(22)15-12-27-17(20-15)11-23-2/h4-7,12H,3,8-11H2,1-2H3,(H,19,21). The molecule has 1 heterocycles. The van der Waals surface area contributed by atoms with Crippen molar-refractivity contribution < 1.29 is 28.5 Å². The number of ether oxygens (including phenoxy) is 4. The molecule has 8 nitrogen and oxygen atoms in total. The fourth-order valence-electron chi connectivity index (χ4n) is 2.01. The van der Waals surface area contributed by atoms with Crippen LogP contribution in [-0.2, 0) is 20.9 Å². The maximum absolute atomic E-state index is 11.8. The van der Waals surface area contributed by atoms with Gasteiger partial charge in [0.05, 0.1) is 19.8 Å². The van der Waals surface area contributed by atoms with Crippen LogP contribution >= 0.6 is 11.3 Å². The van der Waals surface area contributed by atoms with Gasteiger partial charge in [-0.3, -0.25) is 4.79 Å².